The molecule has 1 atom stereocenters. The van der Waals surface area contributed by atoms with Crippen molar-refractivity contribution in [1.29, 1.82) is 0 Å². The van der Waals surface area contributed by atoms with Crippen LogP contribution in [0.2, 0.25) is 0 Å². The minimum atomic E-state index is 0.257. The highest BCUT2D eigenvalue weighted by Crippen LogP contribution is 2.26. The number of nitrogens with zero attached hydrogens (tertiary/aromatic N) is 2. The first-order chi connectivity index (χ1) is 9.16. The third-order valence-corrected chi connectivity index (χ3v) is 5.74. The Bertz CT molecular complexity index is 411. The summed E-state index contributed by atoms with van der Waals surface area (Å²) in [5.41, 5.74) is 0. The normalized spacial score (nSPS) is 19.7. The zero-order valence-electron chi connectivity index (χ0n) is 11.4. The number of thioether (sulfide) groups is 2. The summed E-state index contributed by atoms with van der Waals surface area (Å²) >= 11 is 3.59. The van der Waals surface area contributed by atoms with Crippen LogP contribution in [0.5, 0.6) is 0 Å². The highest BCUT2D eigenvalue weighted by Gasteiger charge is 2.25. The number of carbonyl (C=O) groups is 1. The van der Waals surface area contributed by atoms with Crippen LogP contribution >= 0.6 is 23.5 Å². The molecule has 1 aromatic rings. The Morgan fingerprint density at radius 3 is 2.95 bits per heavy atom. The Kier molecular flexibility index (Phi) is 5.58. The van der Waals surface area contributed by atoms with E-state index in [4.69, 9.17) is 0 Å². The van der Waals surface area contributed by atoms with E-state index >= 15 is 0 Å². The van der Waals surface area contributed by atoms with Crippen LogP contribution in [-0.2, 0) is 4.79 Å². The molecule has 1 aliphatic rings. The number of hydrogen-bond acceptors (Lipinski definition) is 4. The van der Waals surface area contributed by atoms with E-state index in [0.29, 0.717) is 16.9 Å². The maximum Gasteiger partial charge on any atom is 0.232 e. The monoisotopic (exact) mass is 296 g/mol. The average molecular weight is 296 g/mol. The molecule has 1 saturated heterocycles. The predicted octanol–water partition coefficient (Wildman–Crippen LogP) is 2.77. The molecule has 0 radical (unpaired) electrons. The smallest absolute Gasteiger partial charge is 0.232 e. The number of hydrogen-bond donors (Lipinski definition) is 0. The van der Waals surface area contributed by atoms with Crippen molar-refractivity contribution in [2.24, 2.45) is 5.92 Å². The summed E-state index contributed by atoms with van der Waals surface area (Å²) in [5.74, 6) is 2.48. The van der Waals surface area contributed by atoms with Crippen LogP contribution in [-0.4, -0.2) is 45.6 Å². The number of rotatable bonds is 4. The first-order valence-corrected chi connectivity index (χ1v) is 8.62. The number of aromatic nitrogens is 1. The van der Waals surface area contributed by atoms with Gasteiger partial charge in [0.25, 0.3) is 0 Å². The summed E-state index contributed by atoms with van der Waals surface area (Å²) in [6, 6.07) is 3.89. The average Bonchev–Trinajstić information content (AvgIpc) is 2.46. The van der Waals surface area contributed by atoms with Crippen LogP contribution in [0.25, 0.3) is 0 Å². The second kappa shape index (κ2) is 7.20. The molecular weight excluding hydrogens is 276 g/mol. The minimum absolute atomic E-state index is 0.257. The van der Waals surface area contributed by atoms with Gasteiger partial charge in [-0.15, -0.1) is 11.8 Å². The van der Waals surface area contributed by atoms with E-state index in [1.807, 2.05) is 28.8 Å². The SMILES string of the molecule is CC(C)[C@@H]1CN(C(=O)CSc2ccncc2)CCS1. The van der Waals surface area contributed by atoms with Gasteiger partial charge < -0.3 is 4.90 Å². The Morgan fingerprint density at radius 2 is 2.26 bits per heavy atom. The molecular formula is C14H20N2OS2. The third kappa shape index (κ3) is 4.42. The van der Waals surface area contributed by atoms with Gasteiger partial charge in [0.15, 0.2) is 0 Å². The molecule has 0 aliphatic carbocycles. The van der Waals surface area contributed by atoms with E-state index < -0.39 is 0 Å². The molecule has 0 spiro atoms. The number of carbonyl (C=O) groups excluding carboxylic acids is 1. The number of pyridine rings is 1. The highest BCUT2D eigenvalue weighted by molar-refractivity contribution is 8.00. The summed E-state index contributed by atoms with van der Waals surface area (Å²) in [7, 11) is 0. The van der Waals surface area contributed by atoms with Crippen molar-refractivity contribution in [2.75, 3.05) is 24.6 Å². The molecule has 0 aromatic carbocycles. The van der Waals surface area contributed by atoms with Crippen LogP contribution in [0.3, 0.4) is 0 Å². The van der Waals surface area contributed by atoms with Gasteiger partial charge in [-0.25, -0.2) is 0 Å². The molecule has 1 amide bonds. The summed E-state index contributed by atoms with van der Waals surface area (Å²) in [6.07, 6.45) is 3.53. The molecule has 0 unspecified atom stereocenters. The summed E-state index contributed by atoms with van der Waals surface area (Å²) in [4.78, 5) is 19.3. The fraction of sp³-hybridized carbons (Fsp3) is 0.571. The van der Waals surface area contributed by atoms with Gasteiger partial charge in [0.05, 0.1) is 5.75 Å². The van der Waals surface area contributed by atoms with E-state index in [-0.39, 0.29) is 5.91 Å². The van der Waals surface area contributed by atoms with Crippen molar-refractivity contribution < 1.29 is 4.79 Å². The van der Waals surface area contributed by atoms with Crippen LogP contribution < -0.4 is 0 Å². The largest absolute Gasteiger partial charge is 0.340 e. The maximum atomic E-state index is 12.2. The van der Waals surface area contributed by atoms with E-state index in [1.165, 1.54) is 0 Å². The molecule has 1 aliphatic heterocycles. The topological polar surface area (TPSA) is 33.2 Å². The third-order valence-electron chi connectivity index (χ3n) is 3.20. The van der Waals surface area contributed by atoms with Crippen molar-refractivity contribution in [3.05, 3.63) is 24.5 Å². The van der Waals surface area contributed by atoms with Gasteiger partial charge in [0.2, 0.25) is 5.91 Å². The van der Waals surface area contributed by atoms with Crippen molar-refractivity contribution >= 4 is 29.4 Å². The maximum absolute atomic E-state index is 12.2. The van der Waals surface area contributed by atoms with E-state index in [2.05, 4.69) is 18.8 Å². The zero-order chi connectivity index (χ0) is 13.7. The molecule has 2 heterocycles. The second-order valence-corrected chi connectivity index (χ2v) is 7.36. The van der Waals surface area contributed by atoms with Crippen molar-refractivity contribution in [1.82, 2.24) is 9.88 Å². The predicted molar refractivity (Wildman–Crippen MR) is 82.6 cm³/mol. The quantitative estimate of drug-likeness (QED) is 0.800. The zero-order valence-corrected chi connectivity index (χ0v) is 13.0. The molecule has 104 valence electrons. The molecule has 0 saturated carbocycles. The van der Waals surface area contributed by atoms with Crippen LogP contribution in [0, 0.1) is 5.92 Å². The van der Waals surface area contributed by atoms with E-state index in [1.54, 1.807) is 24.2 Å². The van der Waals surface area contributed by atoms with Crippen molar-refractivity contribution in [3.63, 3.8) is 0 Å². The Labute approximate surface area is 123 Å². The van der Waals surface area contributed by atoms with Crippen LogP contribution in [0.4, 0.5) is 0 Å². The van der Waals surface area contributed by atoms with Crippen molar-refractivity contribution in [3.8, 4) is 0 Å². The molecule has 1 aromatic heterocycles. The first-order valence-electron chi connectivity index (χ1n) is 6.59. The molecule has 0 N–H and O–H groups in total. The van der Waals surface area contributed by atoms with Gasteiger partial charge in [0, 0.05) is 41.4 Å². The Morgan fingerprint density at radius 1 is 1.53 bits per heavy atom. The summed E-state index contributed by atoms with van der Waals surface area (Å²) in [5, 5.41) is 0.587. The van der Waals surface area contributed by atoms with Crippen LogP contribution in [0.15, 0.2) is 29.4 Å². The first kappa shape index (κ1) is 14.7. The lowest BCUT2D eigenvalue weighted by Crippen LogP contribution is -2.44. The van der Waals surface area contributed by atoms with E-state index in [0.717, 1.165) is 23.7 Å². The van der Waals surface area contributed by atoms with Gasteiger partial charge in [-0.3, -0.25) is 9.78 Å². The Hall–Kier alpha value is -0.680. The summed E-state index contributed by atoms with van der Waals surface area (Å²) < 4.78 is 0. The molecule has 19 heavy (non-hydrogen) atoms. The number of amides is 1. The standard InChI is InChI=1S/C14H20N2OS2/c1-11(2)13-9-16(7-8-18-13)14(17)10-19-12-3-5-15-6-4-12/h3-6,11,13H,7-10H2,1-2H3/t13-/m0/s1. The molecule has 0 bridgehead atoms. The second-order valence-electron chi connectivity index (χ2n) is 4.96. The van der Waals surface area contributed by atoms with Gasteiger partial charge in [-0.1, -0.05) is 13.8 Å². The van der Waals surface area contributed by atoms with Gasteiger partial charge in [0.1, 0.15) is 0 Å². The fourth-order valence-electron chi connectivity index (χ4n) is 1.98. The minimum Gasteiger partial charge on any atom is -0.340 e. The van der Waals surface area contributed by atoms with Crippen LogP contribution in [0.1, 0.15) is 13.8 Å². The van der Waals surface area contributed by atoms with Gasteiger partial charge in [-0.2, -0.15) is 11.8 Å². The Balaban J connectivity index is 1.83. The lowest BCUT2D eigenvalue weighted by molar-refractivity contribution is -0.128. The van der Waals surface area contributed by atoms with Gasteiger partial charge in [-0.05, 0) is 18.1 Å². The molecule has 2 rings (SSSR count). The lowest BCUT2D eigenvalue weighted by Gasteiger charge is -2.34. The molecule has 3 nitrogen and oxygen atoms in total. The fourth-order valence-corrected chi connectivity index (χ4v) is 4.06. The lowest BCUT2D eigenvalue weighted by atomic mass is 10.1. The van der Waals surface area contributed by atoms with Crippen molar-refractivity contribution in [2.45, 2.75) is 24.0 Å². The highest BCUT2D eigenvalue weighted by atomic mass is 32.2. The summed E-state index contributed by atoms with van der Waals surface area (Å²) in [6.45, 7) is 6.26. The van der Waals surface area contributed by atoms with Gasteiger partial charge >= 0.3 is 0 Å². The molecule has 5 heteroatoms. The van der Waals surface area contributed by atoms with E-state index in [9.17, 15) is 4.79 Å². The molecule has 1 fully saturated rings.